The number of benzene rings is 1. The van der Waals surface area contributed by atoms with Crippen LogP contribution in [0.1, 0.15) is 58.8 Å². The van der Waals surface area contributed by atoms with E-state index in [4.69, 9.17) is 0 Å². The summed E-state index contributed by atoms with van der Waals surface area (Å²) in [5.41, 5.74) is 5.71. The van der Waals surface area contributed by atoms with Crippen LogP contribution >= 0.6 is 0 Å². The molecule has 5 atom stereocenters. The second-order valence-corrected chi connectivity index (χ2v) is 10.4. The largest absolute Gasteiger partial charge is 0.302 e. The first-order valence-electron chi connectivity index (χ1n) is 11.3. The minimum absolute atomic E-state index is 0.219. The van der Waals surface area contributed by atoms with Crippen molar-refractivity contribution >= 4 is 22.5 Å². The molecule has 3 nitrogen and oxygen atoms in total. The van der Waals surface area contributed by atoms with Gasteiger partial charge in [0.25, 0.3) is 0 Å². The number of fused-ring (bicyclic) bond motifs is 6. The van der Waals surface area contributed by atoms with Crippen molar-refractivity contribution in [1.82, 2.24) is 9.55 Å². The molecule has 29 heavy (non-hydrogen) atoms. The van der Waals surface area contributed by atoms with Gasteiger partial charge in [0.2, 0.25) is 0 Å². The normalized spacial score (nSPS) is 38.8. The van der Waals surface area contributed by atoms with E-state index in [2.05, 4.69) is 59.8 Å². The highest BCUT2D eigenvalue weighted by molar-refractivity contribution is 5.83. The van der Waals surface area contributed by atoms with E-state index in [9.17, 15) is 4.79 Å². The molecule has 1 aromatic carbocycles. The molecule has 150 valence electrons. The van der Waals surface area contributed by atoms with Crippen LogP contribution in [-0.4, -0.2) is 15.3 Å². The summed E-state index contributed by atoms with van der Waals surface area (Å²) in [7, 11) is 0. The number of carbonyl (C=O) groups is 1. The van der Waals surface area contributed by atoms with Crippen LogP contribution in [-0.2, 0) is 4.79 Å². The summed E-state index contributed by atoms with van der Waals surface area (Å²) in [4.78, 5) is 16.7. The fourth-order valence-electron chi connectivity index (χ4n) is 7.55. The third-order valence-electron chi connectivity index (χ3n) is 9.19. The van der Waals surface area contributed by atoms with Gasteiger partial charge in [0.15, 0.2) is 0 Å². The number of para-hydroxylation sites is 2. The van der Waals surface area contributed by atoms with Crippen molar-refractivity contribution < 1.29 is 4.79 Å². The van der Waals surface area contributed by atoms with Gasteiger partial charge in [-0.2, -0.15) is 0 Å². The predicted octanol–water partition coefficient (Wildman–Crippen LogP) is 6.02. The van der Waals surface area contributed by atoms with E-state index in [1.165, 1.54) is 36.0 Å². The lowest BCUT2D eigenvalue weighted by Gasteiger charge is -2.57. The maximum Gasteiger partial charge on any atom is 0.136 e. The molecule has 0 aliphatic heterocycles. The number of aromatic nitrogens is 2. The molecule has 4 aliphatic rings. The number of allylic oxidation sites excluding steroid dienone is 4. The van der Waals surface area contributed by atoms with E-state index in [1.807, 2.05) is 6.33 Å². The Labute approximate surface area is 172 Å². The van der Waals surface area contributed by atoms with E-state index < -0.39 is 0 Å². The molecule has 0 amide bonds. The molecule has 1 heterocycles. The number of hydrogen-bond donors (Lipinski definition) is 0. The van der Waals surface area contributed by atoms with Crippen molar-refractivity contribution in [2.75, 3.05) is 0 Å². The van der Waals surface area contributed by atoms with Gasteiger partial charge in [-0.3, -0.25) is 4.79 Å². The number of carbonyl (C=O) groups excluding carboxylic acids is 1. The Morgan fingerprint density at radius 1 is 1.03 bits per heavy atom. The summed E-state index contributed by atoms with van der Waals surface area (Å²) < 4.78 is 2.36. The van der Waals surface area contributed by atoms with Gasteiger partial charge in [0.05, 0.1) is 11.0 Å². The number of nitrogens with zero attached hydrogens (tertiary/aromatic N) is 2. The molecule has 6 rings (SSSR count). The van der Waals surface area contributed by atoms with E-state index >= 15 is 0 Å². The zero-order valence-corrected chi connectivity index (χ0v) is 17.5. The highest BCUT2D eigenvalue weighted by Crippen LogP contribution is 2.65. The Kier molecular flexibility index (Phi) is 3.62. The fraction of sp³-hybridized carbons (Fsp3) is 0.538. The Balaban J connectivity index is 1.37. The van der Waals surface area contributed by atoms with Crippen molar-refractivity contribution in [3.63, 3.8) is 0 Å². The molecule has 4 aliphatic carbocycles. The molecule has 0 unspecified atom stereocenters. The first-order valence-corrected chi connectivity index (χ1v) is 11.3. The number of ketones is 1. The molecule has 0 radical (unpaired) electrons. The lowest BCUT2D eigenvalue weighted by molar-refractivity contribution is -0.122. The summed E-state index contributed by atoms with van der Waals surface area (Å²) in [6.45, 7) is 4.98. The fourth-order valence-corrected chi connectivity index (χ4v) is 7.55. The molecule has 2 aromatic rings. The predicted molar refractivity (Wildman–Crippen MR) is 116 cm³/mol. The van der Waals surface area contributed by atoms with Gasteiger partial charge in [-0.1, -0.05) is 43.7 Å². The van der Waals surface area contributed by atoms with Crippen LogP contribution in [0.5, 0.6) is 0 Å². The molecule has 1 aromatic heterocycles. The molecule has 3 heteroatoms. The molecular formula is C26H30N2O. The third-order valence-corrected chi connectivity index (χ3v) is 9.19. The second kappa shape index (κ2) is 5.93. The van der Waals surface area contributed by atoms with Crippen LogP contribution in [0, 0.1) is 28.6 Å². The SMILES string of the molecule is C[C@]12CCC(=O)CC1=CC[C@@H]1[C@@H]2CC[C@]2(C)C(n3cnc4ccccc43)=CC[C@@H]12. The average molecular weight is 387 g/mol. The van der Waals surface area contributed by atoms with Crippen LogP contribution in [0.2, 0.25) is 0 Å². The summed E-state index contributed by atoms with van der Waals surface area (Å²) in [5, 5.41) is 0. The van der Waals surface area contributed by atoms with Crippen LogP contribution in [0.4, 0.5) is 0 Å². The summed E-state index contributed by atoms with van der Waals surface area (Å²) in [5.74, 6) is 2.62. The summed E-state index contributed by atoms with van der Waals surface area (Å²) in [6, 6.07) is 8.49. The van der Waals surface area contributed by atoms with E-state index in [1.54, 1.807) is 0 Å². The van der Waals surface area contributed by atoms with E-state index in [0.717, 1.165) is 36.6 Å². The molecule has 0 bridgehead atoms. The van der Waals surface area contributed by atoms with Gasteiger partial charge in [0.1, 0.15) is 12.1 Å². The maximum atomic E-state index is 12.1. The van der Waals surface area contributed by atoms with Crippen molar-refractivity contribution in [3.05, 3.63) is 48.3 Å². The van der Waals surface area contributed by atoms with Gasteiger partial charge < -0.3 is 4.57 Å². The van der Waals surface area contributed by atoms with Crippen LogP contribution in [0.15, 0.2) is 48.3 Å². The molecular weight excluding hydrogens is 356 g/mol. The summed E-state index contributed by atoms with van der Waals surface area (Å²) in [6.07, 6.45) is 14.4. The van der Waals surface area contributed by atoms with Crippen LogP contribution in [0.25, 0.3) is 16.7 Å². The quantitative estimate of drug-likeness (QED) is 0.562. The zero-order chi connectivity index (χ0) is 19.8. The standard InChI is InChI=1S/C26H30N2O/c1-25-13-11-18(29)15-17(25)7-8-19-20-9-10-24(26(20,2)14-12-21(19)25)28-16-27-22-5-3-4-6-23(22)28/h3-7,10,16,19-21H,8-9,11-15H2,1-2H3/t19-,20-,21-,25-,26-/m0/s1. The van der Waals surface area contributed by atoms with Gasteiger partial charge in [-0.15, -0.1) is 0 Å². The van der Waals surface area contributed by atoms with Gasteiger partial charge >= 0.3 is 0 Å². The van der Waals surface area contributed by atoms with Crippen molar-refractivity contribution in [1.29, 1.82) is 0 Å². The zero-order valence-electron chi connectivity index (χ0n) is 17.5. The topological polar surface area (TPSA) is 34.9 Å². The van der Waals surface area contributed by atoms with Crippen LogP contribution < -0.4 is 0 Å². The highest BCUT2D eigenvalue weighted by Gasteiger charge is 2.57. The van der Waals surface area contributed by atoms with E-state index in [0.29, 0.717) is 18.1 Å². The van der Waals surface area contributed by atoms with E-state index in [-0.39, 0.29) is 10.8 Å². The molecule has 0 N–H and O–H groups in total. The highest BCUT2D eigenvalue weighted by atomic mass is 16.1. The van der Waals surface area contributed by atoms with Crippen molar-refractivity contribution in [3.8, 4) is 0 Å². The smallest absolute Gasteiger partial charge is 0.136 e. The Morgan fingerprint density at radius 2 is 1.90 bits per heavy atom. The first-order chi connectivity index (χ1) is 14.0. The maximum absolute atomic E-state index is 12.1. The van der Waals surface area contributed by atoms with Crippen molar-refractivity contribution in [2.45, 2.75) is 58.8 Å². The van der Waals surface area contributed by atoms with Gasteiger partial charge in [-0.05, 0) is 67.4 Å². The van der Waals surface area contributed by atoms with Crippen molar-refractivity contribution in [2.24, 2.45) is 28.6 Å². The number of Topliss-reactive ketones (excluding diaryl/α,β-unsaturated/α-hetero) is 1. The Hall–Kier alpha value is -2.16. The minimum Gasteiger partial charge on any atom is -0.302 e. The Morgan fingerprint density at radius 3 is 2.79 bits per heavy atom. The van der Waals surface area contributed by atoms with Crippen LogP contribution in [0.3, 0.4) is 0 Å². The molecule has 2 saturated carbocycles. The number of rotatable bonds is 1. The second-order valence-electron chi connectivity index (χ2n) is 10.4. The lowest BCUT2D eigenvalue weighted by atomic mass is 9.48. The number of imidazole rings is 1. The first kappa shape index (κ1) is 17.7. The molecule has 2 fully saturated rings. The minimum atomic E-state index is 0.219. The van der Waals surface area contributed by atoms with Gasteiger partial charge in [0, 0.05) is 24.0 Å². The summed E-state index contributed by atoms with van der Waals surface area (Å²) >= 11 is 0. The lowest BCUT2D eigenvalue weighted by Crippen LogP contribution is -2.49. The third kappa shape index (κ3) is 2.30. The van der Waals surface area contributed by atoms with Gasteiger partial charge in [-0.25, -0.2) is 4.98 Å². The monoisotopic (exact) mass is 386 g/mol. The molecule has 0 spiro atoms. The Bertz CT molecular complexity index is 1080. The average Bonchev–Trinajstić information content (AvgIpc) is 3.29. The molecule has 0 saturated heterocycles. The number of hydrogen-bond acceptors (Lipinski definition) is 2.